The molecule has 16 heavy (non-hydrogen) atoms. The number of benzene rings is 1. The summed E-state index contributed by atoms with van der Waals surface area (Å²) < 4.78 is 0.102. The second kappa shape index (κ2) is 3.81. The van der Waals surface area contributed by atoms with E-state index in [0.717, 1.165) is 21.3 Å². The van der Waals surface area contributed by atoms with Crippen LogP contribution in [0.4, 0.5) is 0 Å². The molecule has 0 aliphatic heterocycles. The lowest BCUT2D eigenvalue weighted by Crippen LogP contribution is -1.89. The smallest absolute Gasteiger partial charge is 0.252 e. The summed E-state index contributed by atoms with van der Waals surface area (Å²) in [5, 5.41) is 0.733. The Kier molecular flexibility index (Phi) is 2.31. The fourth-order valence-electron chi connectivity index (χ4n) is 1.58. The maximum atomic E-state index is 11.6. The molecule has 2 aromatic heterocycles. The van der Waals surface area contributed by atoms with Gasteiger partial charge < -0.3 is 0 Å². The average Bonchev–Trinajstić information content (AvgIpc) is 2.72. The first-order chi connectivity index (χ1) is 7.84. The van der Waals surface area contributed by atoms with Gasteiger partial charge >= 0.3 is 0 Å². The standard InChI is InChI=1S/C12H7NOS2/c14-12-10-6-9(7-13-11(10)15-16-12)8-4-2-1-3-5-8/h1-7H. The molecule has 0 spiro atoms. The number of hydrogen-bond donors (Lipinski definition) is 0. The number of pyridine rings is 1. The highest BCUT2D eigenvalue weighted by atomic mass is 32.9. The van der Waals surface area contributed by atoms with Gasteiger partial charge in [0.05, 0.1) is 5.39 Å². The first kappa shape index (κ1) is 9.69. The fraction of sp³-hybridized carbons (Fsp3) is 0. The Hall–Kier alpha value is -1.52. The summed E-state index contributed by atoms with van der Waals surface area (Å²) in [4.78, 5) is 16.7. The largest absolute Gasteiger partial charge is 0.276 e. The molecular formula is C12H7NOS2. The highest BCUT2D eigenvalue weighted by Crippen LogP contribution is 2.24. The minimum atomic E-state index is 0.102. The summed E-state index contributed by atoms with van der Waals surface area (Å²) in [7, 11) is 2.68. The molecule has 3 rings (SSSR count). The molecule has 3 aromatic rings. The van der Waals surface area contributed by atoms with Crippen LogP contribution in [0.2, 0.25) is 0 Å². The molecule has 4 heteroatoms. The number of rotatable bonds is 1. The van der Waals surface area contributed by atoms with Crippen LogP contribution in [0.3, 0.4) is 0 Å². The highest BCUT2D eigenvalue weighted by Gasteiger charge is 2.05. The highest BCUT2D eigenvalue weighted by molar-refractivity contribution is 7.71. The Morgan fingerprint density at radius 3 is 2.62 bits per heavy atom. The van der Waals surface area contributed by atoms with Gasteiger partial charge in [0.2, 0.25) is 0 Å². The van der Waals surface area contributed by atoms with Gasteiger partial charge in [0.25, 0.3) is 4.74 Å². The van der Waals surface area contributed by atoms with Gasteiger partial charge in [-0.25, -0.2) is 4.98 Å². The number of fused-ring (bicyclic) bond motifs is 1. The zero-order chi connectivity index (χ0) is 11.0. The molecule has 1 aromatic carbocycles. The van der Waals surface area contributed by atoms with Gasteiger partial charge in [-0.15, -0.1) is 0 Å². The Bertz CT molecular complexity index is 685. The molecule has 0 saturated heterocycles. The minimum absolute atomic E-state index is 0.102. The second-order valence-electron chi connectivity index (χ2n) is 3.40. The minimum Gasteiger partial charge on any atom is -0.276 e. The number of aromatic nitrogens is 1. The molecule has 0 bridgehead atoms. The summed E-state index contributed by atoms with van der Waals surface area (Å²) in [6, 6.07) is 11.9. The van der Waals surface area contributed by atoms with Gasteiger partial charge in [0.1, 0.15) is 4.83 Å². The van der Waals surface area contributed by atoms with Gasteiger partial charge in [-0.05, 0) is 22.0 Å². The van der Waals surface area contributed by atoms with Crippen LogP contribution < -0.4 is 4.74 Å². The van der Waals surface area contributed by atoms with Crippen molar-refractivity contribution in [1.29, 1.82) is 0 Å². The fourth-order valence-corrected chi connectivity index (χ4v) is 3.51. The Balaban J connectivity index is 2.26. The summed E-state index contributed by atoms with van der Waals surface area (Å²) in [5.41, 5.74) is 2.09. The zero-order valence-electron chi connectivity index (χ0n) is 8.21. The first-order valence-corrected chi connectivity index (χ1v) is 6.94. The van der Waals surface area contributed by atoms with Gasteiger partial charge in [0.15, 0.2) is 0 Å². The number of nitrogens with zero attached hydrogens (tertiary/aromatic N) is 1. The van der Waals surface area contributed by atoms with E-state index in [-0.39, 0.29) is 4.74 Å². The number of hydrogen-bond acceptors (Lipinski definition) is 4. The van der Waals surface area contributed by atoms with Crippen molar-refractivity contribution in [2.24, 2.45) is 0 Å². The van der Waals surface area contributed by atoms with E-state index in [0.29, 0.717) is 0 Å². The molecule has 2 heterocycles. The van der Waals surface area contributed by atoms with Crippen molar-refractivity contribution in [3.8, 4) is 11.1 Å². The lowest BCUT2D eigenvalue weighted by Gasteiger charge is -1.99. The SMILES string of the molecule is O=c1ssc2ncc(-c3ccccc3)cc12. The Labute approximate surface area is 99.2 Å². The van der Waals surface area contributed by atoms with Crippen molar-refractivity contribution >= 4 is 30.9 Å². The molecule has 0 unspecified atom stereocenters. The van der Waals surface area contributed by atoms with E-state index in [2.05, 4.69) is 4.98 Å². The van der Waals surface area contributed by atoms with Crippen molar-refractivity contribution < 1.29 is 0 Å². The maximum Gasteiger partial charge on any atom is 0.252 e. The van der Waals surface area contributed by atoms with E-state index in [4.69, 9.17) is 0 Å². The molecule has 2 nitrogen and oxygen atoms in total. The molecule has 0 saturated carbocycles. The molecule has 0 amide bonds. The van der Waals surface area contributed by atoms with Crippen LogP contribution in [-0.4, -0.2) is 4.98 Å². The van der Waals surface area contributed by atoms with Crippen molar-refractivity contribution in [3.05, 3.63) is 52.1 Å². The van der Waals surface area contributed by atoms with E-state index in [1.807, 2.05) is 42.6 Å². The molecule has 0 N–H and O–H groups in total. The summed E-state index contributed by atoms with van der Waals surface area (Å²) >= 11 is 0. The van der Waals surface area contributed by atoms with Crippen molar-refractivity contribution in [3.63, 3.8) is 0 Å². The molecule has 0 aliphatic rings. The Morgan fingerprint density at radius 2 is 1.81 bits per heavy atom. The average molecular weight is 245 g/mol. The van der Waals surface area contributed by atoms with E-state index in [1.54, 1.807) is 0 Å². The first-order valence-electron chi connectivity index (χ1n) is 4.79. The van der Waals surface area contributed by atoms with Gasteiger partial charge in [-0.1, -0.05) is 40.7 Å². The molecular weight excluding hydrogens is 238 g/mol. The normalized spacial score (nSPS) is 10.8. The van der Waals surface area contributed by atoms with Gasteiger partial charge in [-0.2, -0.15) is 0 Å². The van der Waals surface area contributed by atoms with E-state index < -0.39 is 0 Å². The van der Waals surface area contributed by atoms with Crippen LogP contribution in [-0.2, 0) is 0 Å². The molecule has 0 fully saturated rings. The summed E-state index contributed by atoms with van der Waals surface area (Å²) in [6.07, 6.45) is 1.82. The van der Waals surface area contributed by atoms with Crippen LogP contribution in [0.15, 0.2) is 47.4 Å². The van der Waals surface area contributed by atoms with Crippen LogP contribution >= 0.6 is 20.7 Å². The monoisotopic (exact) mass is 245 g/mol. The van der Waals surface area contributed by atoms with Crippen LogP contribution in [0.1, 0.15) is 0 Å². The third-order valence-corrected chi connectivity index (χ3v) is 4.49. The molecule has 78 valence electrons. The van der Waals surface area contributed by atoms with Crippen LogP contribution in [0.5, 0.6) is 0 Å². The predicted molar refractivity (Wildman–Crippen MR) is 69.2 cm³/mol. The Morgan fingerprint density at radius 1 is 1.00 bits per heavy atom. The topological polar surface area (TPSA) is 30.0 Å². The quantitative estimate of drug-likeness (QED) is 0.615. The molecule has 0 atom stereocenters. The van der Waals surface area contributed by atoms with E-state index in [1.165, 1.54) is 20.7 Å². The van der Waals surface area contributed by atoms with Crippen LogP contribution in [0.25, 0.3) is 21.3 Å². The maximum absolute atomic E-state index is 11.6. The van der Waals surface area contributed by atoms with Gasteiger partial charge in [-0.3, -0.25) is 4.79 Å². The molecule has 0 radical (unpaired) electrons. The summed E-state index contributed by atoms with van der Waals surface area (Å²) in [5.74, 6) is 0. The predicted octanol–water partition coefficient (Wildman–Crippen LogP) is 3.39. The van der Waals surface area contributed by atoms with Crippen LogP contribution in [0, 0.1) is 0 Å². The van der Waals surface area contributed by atoms with E-state index >= 15 is 0 Å². The van der Waals surface area contributed by atoms with Crippen molar-refractivity contribution in [2.75, 3.05) is 0 Å². The van der Waals surface area contributed by atoms with Gasteiger partial charge in [0, 0.05) is 11.8 Å². The van der Waals surface area contributed by atoms with Crippen molar-refractivity contribution in [1.82, 2.24) is 4.98 Å². The second-order valence-corrected chi connectivity index (χ2v) is 5.49. The lowest BCUT2D eigenvalue weighted by molar-refractivity contribution is 1.44. The molecule has 0 aliphatic carbocycles. The lowest BCUT2D eigenvalue weighted by atomic mass is 10.1. The third kappa shape index (κ3) is 1.56. The zero-order valence-corrected chi connectivity index (χ0v) is 9.85. The third-order valence-electron chi connectivity index (χ3n) is 2.37. The van der Waals surface area contributed by atoms with E-state index in [9.17, 15) is 4.79 Å². The van der Waals surface area contributed by atoms with Crippen molar-refractivity contribution in [2.45, 2.75) is 0 Å². The summed E-state index contributed by atoms with van der Waals surface area (Å²) in [6.45, 7) is 0.